The molecular weight excluding hydrogens is 154 g/mol. The van der Waals surface area contributed by atoms with Gasteiger partial charge in [-0.2, -0.15) is 0 Å². The van der Waals surface area contributed by atoms with Crippen LogP contribution >= 0.6 is 0 Å². The van der Waals surface area contributed by atoms with Crippen LogP contribution in [0.2, 0.25) is 0 Å². The average Bonchev–Trinajstić information content (AvgIpc) is 2.71. The Morgan fingerprint density at radius 2 is 1.92 bits per heavy atom. The van der Waals surface area contributed by atoms with Crippen LogP contribution in [0.25, 0.3) is 0 Å². The molecule has 0 aromatic rings. The molecule has 2 rings (SSSR count). The fourth-order valence-electron chi connectivity index (χ4n) is 1.83. The third kappa shape index (κ3) is 1.12. The summed E-state index contributed by atoms with van der Waals surface area (Å²) < 4.78 is 5.23. The minimum absolute atomic E-state index is 0.225. The van der Waals surface area contributed by atoms with Gasteiger partial charge in [-0.05, 0) is 25.7 Å². The molecule has 2 aliphatic rings. The van der Waals surface area contributed by atoms with Gasteiger partial charge in [0.15, 0.2) is 0 Å². The topological polar surface area (TPSA) is 29.5 Å². The number of carbonyl (C=O) groups is 1. The van der Waals surface area contributed by atoms with Gasteiger partial charge < -0.3 is 9.64 Å². The van der Waals surface area contributed by atoms with E-state index in [1.165, 1.54) is 0 Å². The summed E-state index contributed by atoms with van der Waals surface area (Å²) >= 11 is 0. The lowest BCUT2D eigenvalue weighted by Gasteiger charge is -2.21. The molecule has 0 unspecified atom stereocenters. The molecule has 1 aliphatic carbocycles. The molecule has 0 radical (unpaired) electrons. The first-order valence-electron chi connectivity index (χ1n) is 4.63. The van der Waals surface area contributed by atoms with Crippen LogP contribution in [0.1, 0.15) is 25.7 Å². The van der Waals surface area contributed by atoms with Gasteiger partial charge in [0.05, 0.1) is 0 Å². The number of methoxy groups -OCH3 is 1. The molecule has 0 atom stereocenters. The molecule has 0 N–H and O–H groups in total. The lowest BCUT2D eigenvalue weighted by molar-refractivity contribution is -0.143. The number of carbonyl (C=O) groups excluding carboxylic acids is 1. The van der Waals surface area contributed by atoms with Gasteiger partial charge in [0.25, 0.3) is 5.91 Å². The normalized spacial score (nSPS) is 25.9. The van der Waals surface area contributed by atoms with Crippen molar-refractivity contribution in [2.24, 2.45) is 0 Å². The first-order chi connectivity index (χ1) is 5.78. The highest BCUT2D eigenvalue weighted by Gasteiger charge is 2.52. The number of hydrogen-bond donors (Lipinski definition) is 0. The lowest BCUT2D eigenvalue weighted by Crippen LogP contribution is -2.39. The van der Waals surface area contributed by atoms with Gasteiger partial charge in [-0.25, -0.2) is 0 Å². The molecule has 0 spiro atoms. The van der Waals surface area contributed by atoms with Crippen LogP contribution in [0.3, 0.4) is 0 Å². The van der Waals surface area contributed by atoms with E-state index in [9.17, 15) is 4.79 Å². The first kappa shape index (κ1) is 8.05. The second-order valence-electron chi connectivity index (χ2n) is 3.70. The summed E-state index contributed by atoms with van der Waals surface area (Å²) in [6.45, 7) is 1.87. The number of likely N-dealkylation sites (tertiary alicyclic amines) is 1. The quantitative estimate of drug-likeness (QED) is 0.611. The second kappa shape index (κ2) is 2.73. The third-order valence-corrected chi connectivity index (χ3v) is 2.88. The van der Waals surface area contributed by atoms with Crippen molar-refractivity contribution in [3.63, 3.8) is 0 Å². The SMILES string of the molecule is COC1(C(=O)N2CCCC2)CC1. The standard InChI is InChI=1S/C9H15NO2/c1-12-9(4-5-9)8(11)10-6-2-3-7-10/h2-7H2,1H3. The molecule has 2 fully saturated rings. The van der Waals surface area contributed by atoms with Gasteiger partial charge in [-0.3, -0.25) is 4.79 Å². The molecular formula is C9H15NO2. The van der Waals surface area contributed by atoms with Gasteiger partial charge in [-0.15, -0.1) is 0 Å². The summed E-state index contributed by atoms with van der Waals surface area (Å²) in [4.78, 5) is 13.7. The van der Waals surface area contributed by atoms with Crippen LogP contribution in [0, 0.1) is 0 Å². The van der Waals surface area contributed by atoms with E-state index < -0.39 is 5.60 Å². The Bertz CT molecular complexity index is 193. The molecule has 3 nitrogen and oxygen atoms in total. The Morgan fingerprint density at radius 1 is 1.33 bits per heavy atom. The van der Waals surface area contributed by atoms with Crippen LogP contribution in [0.5, 0.6) is 0 Å². The van der Waals surface area contributed by atoms with Crippen molar-refractivity contribution in [2.75, 3.05) is 20.2 Å². The van der Waals surface area contributed by atoms with E-state index in [1.54, 1.807) is 7.11 Å². The zero-order valence-electron chi connectivity index (χ0n) is 7.51. The van der Waals surface area contributed by atoms with Gasteiger partial charge in [0.1, 0.15) is 5.60 Å². The van der Waals surface area contributed by atoms with E-state index in [1.807, 2.05) is 4.90 Å². The molecule has 1 amide bonds. The molecule has 68 valence electrons. The van der Waals surface area contributed by atoms with Crippen molar-refractivity contribution in [3.8, 4) is 0 Å². The summed E-state index contributed by atoms with van der Waals surface area (Å²) in [6.07, 6.45) is 4.15. The van der Waals surface area contributed by atoms with Gasteiger partial charge >= 0.3 is 0 Å². The third-order valence-electron chi connectivity index (χ3n) is 2.88. The fraction of sp³-hybridized carbons (Fsp3) is 0.889. The number of ether oxygens (including phenoxy) is 1. The molecule has 0 aromatic carbocycles. The maximum atomic E-state index is 11.8. The largest absolute Gasteiger partial charge is 0.368 e. The predicted octanol–water partition coefficient (Wildman–Crippen LogP) is 0.788. The molecule has 12 heavy (non-hydrogen) atoms. The molecule has 1 saturated heterocycles. The van der Waals surface area contributed by atoms with Crippen molar-refractivity contribution in [1.82, 2.24) is 4.90 Å². The summed E-state index contributed by atoms with van der Waals surface area (Å²) in [5.74, 6) is 0.225. The Balaban J connectivity index is 1.99. The second-order valence-corrected chi connectivity index (χ2v) is 3.70. The number of amides is 1. The summed E-state index contributed by atoms with van der Waals surface area (Å²) in [5.41, 5.74) is -0.398. The van der Waals surface area contributed by atoms with E-state index in [2.05, 4.69) is 0 Å². The maximum Gasteiger partial charge on any atom is 0.254 e. The Hall–Kier alpha value is -0.570. The Kier molecular flexibility index (Phi) is 1.83. The lowest BCUT2D eigenvalue weighted by atomic mass is 10.3. The molecule has 0 bridgehead atoms. The van der Waals surface area contributed by atoms with Crippen LogP contribution in [-0.2, 0) is 9.53 Å². The predicted molar refractivity (Wildman–Crippen MR) is 44.8 cm³/mol. The summed E-state index contributed by atoms with van der Waals surface area (Å²) in [7, 11) is 1.64. The maximum absolute atomic E-state index is 11.8. The van der Waals surface area contributed by atoms with Crippen molar-refractivity contribution in [2.45, 2.75) is 31.3 Å². The van der Waals surface area contributed by atoms with Crippen molar-refractivity contribution >= 4 is 5.91 Å². The molecule has 3 heteroatoms. The van der Waals surface area contributed by atoms with Crippen LogP contribution in [0.4, 0.5) is 0 Å². The van der Waals surface area contributed by atoms with E-state index in [-0.39, 0.29) is 5.91 Å². The molecule has 1 heterocycles. The van der Waals surface area contributed by atoms with Gasteiger partial charge in [0, 0.05) is 20.2 Å². The van der Waals surface area contributed by atoms with E-state index in [0.29, 0.717) is 0 Å². The van der Waals surface area contributed by atoms with Crippen LogP contribution in [0.15, 0.2) is 0 Å². The Labute approximate surface area is 72.7 Å². The summed E-state index contributed by atoms with van der Waals surface area (Å²) in [5, 5.41) is 0. The monoisotopic (exact) mass is 169 g/mol. The van der Waals surface area contributed by atoms with E-state index in [0.717, 1.165) is 38.8 Å². The molecule has 0 aromatic heterocycles. The van der Waals surface area contributed by atoms with Crippen molar-refractivity contribution in [3.05, 3.63) is 0 Å². The zero-order valence-corrected chi connectivity index (χ0v) is 7.51. The van der Waals surface area contributed by atoms with E-state index in [4.69, 9.17) is 4.74 Å². The molecule has 1 aliphatic heterocycles. The first-order valence-corrected chi connectivity index (χ1v) is 4.63. The number of nitrogens with zero attached hydrogens (tertiary/aromatic N) is 1. The van der Waals surface area contributed by atoms with Crippen LogP contribution < -0.4 is 0 Å². The van der Waals surface area contributed by atoms with Crippen molar-refractivity contribution < 1.29 is 9.53 Å². The van der Waals surface area contributed by atoms with Crippen molar-refractivity contribution in [1.29, 1.82) is 0 Å². The van der Waals surface area contributed by atoms with Gasteiger partial charge in [0.2, 0.25) is 0 Å². The highest BCUT2D eigenvalue weighted by atomic mass is 16.5. The average molecular weight is 169 g/mol. The highest BCUT2D eigenvalue weighted by molar-refractivity contribution is 5.88. The van der Waals surface area contributed by atoms with Gasteiger partial charge in [-0.1, -0.05) is 0 Å². The van der Waals surface area contributed by atoms with E-state index >= 15 is 0 Å². The zero-order chi connectivity index (χ0) is 8.60. The minimum Gasteiger partial charge on any atom is -0.368 e. The van der Waals surface area contributed by atoms with Crippen LogP contribution in [-0.4, -0.2) is 36.6 Å². The smallest absolute Gasteiger partial charge is 0.254 e. The summed E-state index contributed by atoms with van der Waals surface area (Å²) in [6, 6.07) is 0. The number of hydrogen-bond acceptors (Lipinski definition) is 2. The number of rotatable bonds is 2. The minimum atomic E-state index is -0.398. The molecule has 1 saturated carbocycles. The fourth-order valence-corrected chi connectivity index (χ4v) is 1.83. The Morgan fingerprint density at radius 3 is 2.33 bits per heavy atom. The highest BCUT2D eigenvalue weighted by Crippen LogP contribution is 2.41.